The van der Waals surface area contributed by atoms with E-state index in [1.165, 1.54) is 16.5 Å². The lowest BCUT2D eigenvalue weighted by Gasteiger charge is -2.27. The van der Waals surface area contributed by atoms with E-state index in [0.717, 1.165) is 38.0 Å². The van der Waals surface area contributed by atoms with E-state index in [0.29, 0.717) is 13.1 Å². The zero-order chi connectivity index (χ0) is 19.5. The van der Waals surface area contributed by atoms with Crippen LogP contribution in [0.3, 0.4) is 0 Å². The van der Waals surface area contributed by atoms with Crippen molar-refractivity contribution in [1.29, 1.82) is 0 Å². The molecule has 1 aromatic heterocycles. The number of amides is 2. The molecule has 1 N–H and O–H groups in total. The molecule has 0 aliphatic carbocycles. The molecule has 1 aromatic carbocycles. The van der Waals surface area contributed by atoms with Crippen LogP contribution in [-0.4, -0.2) is 36.3 Å². The van der Waals surface area contributed by atoms with E-state index in [-0.39, 0.29) is 30.3 Å². The molecule has 0 unspecified atom stereocenters. The summed E-state index contributed by atoms with van der Waals surface area (Å²) < 4.78 is 14.3. The summed E-state index contributed by atoms with van der Waals surface area (Å²) in [7, 11) is 0. The molecule has 0 atom stereocenters. The number of para-hydroxylation sites is 1. The first kappa shape index (κ1) is 18.9. The van der Waals surface area contributed by atoms with E-state index in [2.05, 4.69) is 21.7 Å². The number of halogens is 1. The van der Waals surface area contributed by atoms with Crippen molar-refractivity contribution in [2.24, 2.45) is 0 Å². The lowest BCUT2D eigenvalue weighted by molar-refractivity contribution is -0.133. The van der Waals surface area contributed by atoms with Crippen LogP contribution in [0.15, 0.2) is 29.6 Å². The van der Waals surface area contributed by atoms with Crippen molar-refractivity contribution < 1.29 is 14.0 Å². The first-order valence-electron chi connectivity index (χ1n) is 9.78. The summed E-state index contributed by atoms with van der Waals surface area (Å²) >= 11 is 1.73. The Kier molecular flexibility index (Phi) is 5.62. The smallest absolute Gasteiger partial charge is 0.225 e. The number of carbonyl (C=O) groups excluding carboxylic acids is 2. The Hall–Kier alpha value is -2.41. The summed E-state index contributed by atoms with van der Waals surface area (Å²) in [6.07, 6.45) is 3.21. The number of hydrogen-bond donors (Lipinski definition) is 1. The Bertz CT molecular complexity index is 876. The number of benzene rings is 1. The highest BCUT2D eigenvalue weighted by atomic mass is 32.1. The molecular weight excluding hydrogens is 377 g/mol. The Labute approximate surface area is 168 Å². The fraction of sp³-hybridized carbons (Fsp3) is 0.429. The van der Waals surface area contributed by atoms with Crippen LogP contribution in [0.1, 0.15) is 36.1 Å². The van der Waals surface area contributed by atoms with Gasteiger partial charge in [-0.3, -0.25) is 9.59 Å². The first-order chi connectivity index (χ1) is 13.6. The van der Waals surface area contributed by atoms with Crippen LogP contribution in [0.4, 0.5) is 15.8 Å². The standard InChI is InChI=1S/C21H24FN3O2S/c22-16-4-3-5-17(24-10-1-2-11-24)21(16)23-19(26)6-7-20(27)25-12-8-18-15(14-25)9-13-28-18/h3-5,9,13H,1-2,6-8,10-12,14H2,(H,23,26). The van der Waals surface area contributed by atoms with Gasteiger partial charge < -0.3 is 15.1 Å². The Morgan fingerprint density at radius 1 is 1.11 bits per heavy atom. The van der Waals surface area contributed by atoms with Crippen LogP contribution >= 0.6 is 11.3 Å². The minimum atomic E-state index is -0.440. The fourth-order valence-corrected chi connectivity index (χ4v) is 4.79. The summed E-state index contributed by atoms with van der Waals surface area (Å²) in [6.45, 7) is 3.04. The van der Waals surface area contributed by atoms with Crippen molar-refractivity contribution in [2.75, 3.05) is 29.9 Å². The van der Waals surface area contributed by atoms with Crippen LogP contribution in [0.2, 0.25) is 0 Å². The lowest BCUT2D eigenvalue weighted by Crippen LogP contribution is -2.35. The van der Waals surface area contributed by atoms with Crippen molar-refractivity contribution >= 4 is 34.5 Å². The molecule has 0 bridgehead atoms. The monoisotopic (exact) mass is 401 g/mol. The topological polar surface area (TPSA) is 52.7 Å². The highest BCUT2D eigenvalue weighted by molar-refractivity contribution is 7.10. The number of nitrogens with zero attached hydrogens (tertiary/aromatic N) is 2. The molecule has 1 saturated heterocycles. The first-order valence-corrected chi connectivity index (χ1v) is 10.7. The van der Waals surface area contributed by atoms with Gasteiger partial charge in [-0.05, 0) is 48.4 Å². The van der Waals surface area contributed by atoms with Crippen LogP contribution in [0, 0.1) is 5.82 Å². The molecule has 148 valence electrons. The fourth-order valence-electron chi connectivity index (χ4n) is 3.90. The predicted molar refractivity (Wildman–Crippen MR) is 109 cm³/mol. The molecule has 2 aromatic rings. The highest BCUT2D eigenvalue weighted by Crippen LogP contribution is 2.31. The second kappa shape index (κ2) is 8.31. The van der Waals surface area contributed by atoms with Gasteiger partial charge >= 0.3 is 0 Å². The van der Waals surface area contributed by atoms with Gasteiger partial charge in [-0.2, -0.15) is 0 Å². The number of fused-ring (bicyclic) bond motifs is 1. The van der Waals surface area contributed by atoms with Crippen LogP contribution in [0.25, 0.3) is 0 Å². The zero-order valence-corrected chi connectivity index (χ0v) is 16.6. The summed E-state index contributed by atoms with van der Waals surface area (Å²) in [5.74, 6) is -0.794. The van der Waals surface area contributed by atoms with Gasteiger partial charge in [0.1, 0.15) is 11.5 Å². The molecule has 5 nitrogen and oxygen atoms in total. The van der Waals surface area contributed by atoms with Crippen LogP contribution in [-0.2, 0) is 22.6 Å². The molecule has 4 rings (SSSR count). The summed E-state index contributed by atoms with van der Waals surface area (Å²) in [4.78, 5) is 30.2. The van der Waals surface area contributed by atoms with Gasteiger partial charge in [-0.1, -0.05) is 6.07 Å². The number of nitrogens with one attached hydrogen (secondary N) is 1. The second-order valence-corrected chi connectivity index (χ2v) is 8.31. The third-order valence-corrected chi connectivity index (χ3v) is 6.45. The molecule has 0 spiro atoms. The second-order valence-electron chi connectivity index (χ2n) is 7.31. The third-order valence-electron chi connectivity index (χ3n) is 5.43. The summed E-state index contributed by atoms with van der Waals surface area (Å²) in [6, 6.07) is 6.91. The Balaban J connectivity index is 1.34. The Morgan fingerprint density at radius 3 is 2.75 bits per heavy atom. The SMILES string of the molecule is O=C(CCC(=O)N1CCc2sccc2C1)Nc1c(F)cccc1N1CCCC1. The van der Waals surface area contributed by atoms with Gasteiger partial charge in [-0.15, -0.1) is 11.3 Å². The van der Waals surface area contributed by atoms with E-state index in [1.54, 1.807) is 22.3 Å². The maximum absolute atomic E-state index is 14.3. The predicted octanol–water partition coefficient (Wildman–Crippen LogP) is 3.79. The van der Waals surface area contributed by atoms with E-state index < -0.39 is 5.82 Å². The lowest BCUT2D eigenvalue weighted by atomic mass is 10.1. The molecule has 2 aliphatic rings. The minimum Gasteiger partial charge on any atom is -0.370 e. The van der Waals surface area contributed by atoms with Crippen molar-refractivity contribution in [1.82, 2.24) is 4.90 Å². The highest BCUT2D eigenvalue weighted by Gasteiger charge is 2.23. The molecular formula is C21H24FN3O2S. The number of carbonyl (C=O) groups is 2. The van der Waals surface area contributed by atoms with Crippen molar-refractivity contribution in [2.45, 2.75) is 38.6 Å². The third kappa shape index (κ3) is 4.04. The van der Waals surface area contributed by atoms with Gasteiger partial charge in [0.2, 0.25) is 11.8 Å². The van der Waals surface area contributed by atoms with Crippen molar-refractivity contribution in [3.63, 3.8) is 0 Å². The number of anilines is 2. The van der Waals surface area contributed by atoms with Gasteiger partial charge in [0, 0.05) is 43.9 Å². The molecule has 7 heteroatoms. The average Bonchev–Trinajstić information content (AvgIpc) is 3.38. The van der Waals surface area contributed by atoms with Gasteiger partial charge in [0.25, 0.3) is 0 Å². The summed E-state index contributed by atoms with van der Waals surface area (Å²) in [5.41, 5.74) is 2.15. The number of rotatable bonds is 5. The van der Waals surface area contributed by atoms with Gasteiger partial charge in [0.15, 0.2) is 0 Å². The van der Waals surface area contributed by atoms with Crippen molar-refractivity contribution in [3.05, 3.63) is 45.9 Å². The number of thiophene rings is 1. The normalized spacial score (nSPS) is 16.2. The summed E-state index contributed by atoms with van der Waals surface area (Å²) in [5, 5.41) is 4.75. The van der Waals surface area contributed by atoms with E-state index >= 15 is 0 Å². The zero-order valence-electron chi connectivity index (χ0n) is 15.7. The maximum atomic E-state index is 14.3. The Morgan fingerprint density at radius 2 is 1.93 bits per heavy atom. The van der Waals surface area contributed by atoms with Crippen LogP contribution < -0.4 is 10.2 Å². The molecule has 28 heavy (non-hydrogen) atoms. The van der Waals surface area contributed by atoms with E-state index in [1.807, 2.05) is 6.07 Å². The van der Waals surface area contributed by atoms with E-state index in [9.17, 15) is 14.0 Å². The molecule has 2 amide bonds. The maximum Gasteiger partial charge on any atom is 0.225 e. The molecule has 0 radical (unpaired) electrons. The van der Waals surface area contributed by atoms with E-state index in [4.69, 9.17) is 0 Å². The average molecular weight is 402 g/mol. The molecule has 0 saturated carbocycles. The quantitative estimate of drug-likeness (QED) is 0.829. The largest absolute Gasteiger partial charge is 0.370 e. The van der Waals surface area contributed by atoms with Crippen LogP contribution in [0.5, 0.6) is 0 Å². The van der Waals surface area contributed by atoms with Crippen molar-refractivity contribution in [3.8, 4) is 0 Å². The number of hydrogen-bond acceptors (Lipinski definition) is 4. The van der Waals surface area contributed by atoms with Gasteiger partial charge in [0.05, 0.1) is 5.69 Å². The van der Waals surface area contributed by atoms with Gasteiger partial charge in [-0.25, -0.2) is 4.39 Å². The molecule has 2 aliphatic heterocycles. The molecule has 3 heterocycles. The minimum absolute atomic E-state index is 0.0275. The molecule has 1 fully saturated rings.